The Balaban J connectivity index is 1.65. The highest BCUT2D eigenvalue weighted by Crippen LogP contribution is 2.34. The zero-order chi connectivity index (χ0) is 28.2. The minimum absolute atomic E-state index is 0.213. The number of sulfonamides is 1. The molecular weight excluding hydrogens is 544 g/mol. The van der Waals surface area contributed by atoms with Gasteiger partial charge >= 0.3 is 0 Å². The number of H-pyrrole nitrogens is 1. The summed E-state index contributed by atoms with van der Waals surface area (Å²) >= 11 is 0. The molecule has 13 heteroatoms. The van der Waals surface area contributed by atoms with Crippen molar-refractivity contribution in [2.45, 2.75) is 37.1 Å². The van der Waals surface area contributed by atoms with E-state index in [-0.39, 0.29) is 23.0 Å². The number of sulfone groups is 1. The van der Waals surface area contributed by atoms with Crippen LogP contribution in [0.15, 0.2) is 65.7 Å². The Morgan fingerprint density at radius 1 is 1.03 bits per heavy atom. The summed E-state index contributed by atoms with van der Waals surface area (Å²) in [7, 11) is -8.30. The summed E-state index contributed by atoms with van der Waals surface area (Å²) in [6.07, 6.45) is 0.553. The minimum Gasteiger partial charge on any atom is -0.486 e. The van der Waals surface area contributed by atoms with Crippen LogP contribution in [0.2, 0.25) is 0 Å². The molecule has 4 rings (SSSR count). The Kier molecular flexibility index (Phi) is 8.62. The third-order valence-corrected chi connectivity index (χ3v) is 9.95. The van der Waals surface area contributed by atoms with Crippen LogP contribution < -0.4 is 15.2 Å². The topological polar surface area (TPSA) is 162 Å². The average molecular weight is 577 g/mol. The van der Waals surface area contributed by atoms with E-state index in [2.05, 4.69) is 10.2 Å². The largest absolute Gasteiger partial charge is 0.486 e. The maximum absolute atomic E-state index is 14.0. The highest BCUT2D eigenvalue weighted by atomic mass is 32.2. The number of carbonyl (C=O) groups is 1. The summed E-state index contributed by atoms with van der Waals surface area (Å²) in [6.45, 7) is 3.71. The predicted octanol–water partition coefficient (Wildman–Crippen LogP) is 2.11. The molecule has 0 radical (unpaired) electrons. The first-order valence-corrected chi connectivity index (χ1v) is 15.7. The van der Waals surface area contributed by atoms with Crippen LogP contribution in [-0.4, -0.2) is 62.4 Å². The van der Waals surface area contributed by atoms with Crippen molar-refractivity contribution in [3.63, 3.8) is 0 Å². The molecule has 1 aliphatic heterocycles. The van der Waals surface area contributed by atoms with E-state index in [9.17, 15) is 21.6 Å². The van der Waals surface area contributed by atoms with Gasteiger partial charge in [0.2, 0.25) is 5.91 Å². The van der Waals surface area contributed by atoms with Crippen molar-refractivity contribution in [3.8, 4) is 11.5 Å². The van der Waals surface area contributed by atoms with Gasteiger partial charge in [0, 0.05) is 12.3 Å². The number of carbonyl (C=O) groups excluding carboxylic acids is 1. The number of nitrogens with zero attached hydrogens (tertiary/aromatic N) is 2. The summed E-state index contributed by atoms with van der Waals surface area (Å²) in [4.78, 5) is 13.5. The van der Waals surface area contributed by atoms with Gasteiger partial charge in [-0.15, -0.1) is 0 Å². The molecule has 3 N–H and O–H groups in total. The molecule has 3 atom stereocenters. The third-order valence-electron chi connectivity index (χ3n) is 6.40. The van der Waals surface area contributed by atoms with Gasteiger partial charge in [-0.05, 0) is 36.1 Å². The van der Waals surface area contributed by atoms with Crippen molar-refractivity contribution in [3.05, 3.63) is 72.1 Å². The second-order valence-corrected chi connectivity index (χ2v) is 13.6. The van der Waals surface area contributed by atoms with E-state index in [1.807, 2.05) is 30.3 Å². The number of hydrogen-bond acceptors (Lipinski definition) is 9. The van der Waals surface area contributed by atoms with Crippen molar-refractivity contribution >= 4 is 25.8 Å². The van der Waals surface area contributed by atoms with Crippen LogP contribution >= 0.6 is 0 Å². The van der Waals surface area contributed by atoms with Crippen molar-refractivity contribution in [2.24, 2.45) is 17.6 Å². The Morgan fingerprint density at radius 2 is 1.72 bits per heavy atom. The van der Waals surface area contributed by atoms with Crippen LogP contribution in [0.5, 0.6) is 11.5 Å². The molecule has 210 valence electrons. The second-order valence-electron chi connectivity index (χ2n) is 9.64. The van der Waals surface area contributed by atoms with Crippen LogP contribution in [-0.2, 0) is 36.8 Å². The zero-order valence-electron chi connectivity index (χ0n) is 21.7. The number of ether oxygens (including phenoxy) is 2. The fourth-order valence-corrected chi connectivity index (χ4v) is 7.72. The molecule has 11 nitrogen and oxygen atoms in total. The number of fused-ring (bicyclic) bond motifs is 1. The van der Waals surface area contributed by atoms with Crippen LogP contribution in [0, 0.1) is 11.8 Å². The lowest BCUT2D eigenvalue weighted by molar-refractivity contribution is -0.131. The predicted molar refractivity (Wildman–Crippen MR) is 144 cm³/mol. The molecule has 1 aromatic heterocycles. The monoisotopic (exact) mass is 576 g/mol. The SMILES string of the molecule is CC(CS(=O)(=O)Cc1ccn[nH]1)C(=O)N([C@H](N)[C@@H](C)Cc1ccccc1)S(=O)(=O)c1ccc2c(c1)OCCO2. The first-order chi connectivity index (χ1) is 18.5. The minimum atomic E-state index is -4.51. The quantitative estimate of drug-likeness (QED) is 0.326. The summed E-state index contributed by atoms with van der Waals surface area (Å²) in [6, 6.07) is 14.9. The average Bonchev–Trinajstić information content (AvgIpc) is 3.40. The molecular formula is C26H32N4O7S2. The lowest BCUT2D eigenvalue weighted by Gasteiger charge is -2.34. The molecule has 2 aromatic carbocycles. The molecule has 0 saturated carbocycles. The zero-order valence-corrected chi connectivity index (χ0v) is 23.3. The molecule has 0 spiro atoms. The summed E-state index contributed by atoms with van der Waals surface area (Å²) in [5, 5.41) is 6.33. The molecule has 0 aliphatic carbocycles. The number of aromatic nitrogens is 2. The van der Waals surface area contributed by atoms with Gasteiger partial charge in [-0.2, -0.15) is 5.10 Å². The molecule has 1 amide bonds. The number of nitrogens with two attached hydrogens (primary N) is 1. The van der Waals surface area contributed by atoms with E-state index < -0.39 is 49.5 Å². The fourth-order valence-electron chi connectivity index (χ4n) is 4.39. The lowest BCUT2D eigenvalue weighted by Crippen LogP contribution is -2.55. The molecule has 1 aliphatic rings. The fraction of sp³-hybridized carbons (Fsp3) is 0.385. The molecule has 2 heterocycles. The van der Waals surface area contributed by atoms with Gasteiger partial charge in [0.25, 0.3) is 10.0 Å². The Hall–Kier alpha value is -3.42. The van der Waals surface area contributed by atoms with Gasteiger partial charge < -0.3 is 15.2 Å². The van der Waals surface area contributed by atoms with Crippen LogP contribution in [0.1, 0.15) is 25.1 Å². The van der Waals surface area contributed by atoms with Crippen LogP contribution in [0.4, 0.5) is 0 Å². The molecule has 0 fully saturated rings. The Morgan fingerprint density at radius 3 is 2.38 bits per heavy atom. The number of rotatable bonds is 11. The Labute approximate surface area is 228 Å². The van der Waals surface area contributed by atoms with E-state index in [0.717, 1.165) is 5.56 Å². The molecule has 3 aromatic rings. The maximum atomic E-state index is 14.0. The van der Waals surface area contributed by atoms with Gasteiger partial charge in [-0.1, -0.05) is 44.2 Å². The molecule has 0 saturated heterocycles. The number of aromatic amines is 1. The van der Waals surface area contributed by atoms with Gasteiger partial charge in [0.15, 0.2) is 21.3 Å². The number of amides is 1. The van der Waals surface area contributed by atoms with Crippen molar-refractivity contribution in [2.75, 3.05) is 19.0 Å². The van der Waals surface area contributed by atoms with Crippen LogP contribution in [0.25, 0.3) is 0 Å². The van der Waals surface area contributed by atoms with E-state index in [1.165, 1.54) is 37.4 Å². The van der Waals surface area contributed by atoms with E-state index in [1.54, 1.807) is 6.92 Å². The van der Waals surface area contributed by atoms with Gasteiger partial charge in [0.05, 0.1) is 34.2 Å². The smallest absolute Gasteiger partial charge is 0.268 e. The van der Waals surface area contributed by atoms with E-state index in [4.69, 9.17) is 15.2 Å². The van der Waals surface area contributed by atoms with E-state index in [0.29, 0.717) is 28.8 Å². The lowest BCUT2D eigenvalue weighted by atomic mass is 9.98. The molecule has 0 bridgehead atoms. The highest BCUT2D eigenvalue weighted by molar-refractivity contribution is 7.90. The number of hydrogen-bond donors (Lipinski definition) is 2. The summed E-state index contributed by atoms with van der Waals surface area (Å²) < 4.78 is 65.2. The first-order valence-electron chi connectivity index (χ1n) is 12.4. The van der Waals surface area contributed by atoms with Gasteiger partial charge in [-0.25, -0.2) is 21.1 Å². The molecule has 39 heavy (non-hydrogen) atoms. The normalized spacial score (nSPS) is 15.8. The standard InChI is InChI=1S/C26H32N4O7S2/c1-18(14-20-6-4-3-5-7-20)25(27)30(26(31)19(2)16-38(32,33)17-21-10-11-28-29-21)39(34,35)22-8-9-23-24(15-22)37-13-12-36-23/h3-11,15,18-19,25H,12-14,16-17,27H2,1-2H3,(H,28,29)/t18-,19?,25-/m0/s1. The van der Waals surface area contributed by atoms with Crippen molar-refractivity contribution in [1.29, 1.82) is 0 Å². The highest BCUT2D eigenvalue weighted by Gasteiger charge is 2.40. The molecule has 1 unspecified atom stereocenters. The Bertz CT molecular complexity index is 1490. The number of nitrogens with one attached hydrogen (secondary N) is 1. The maximum Gasteiger partial charge on any atom is 0.268 e. The van der Waals surface area contributed by atoms with Crippen LogP contribution in [0.3, 0.4) is 0 Å². The number of benzene rings is 2. The van der Waals surface area contributed by atoms with Crippen molar-refractivity contribution in [1.82, 2.24) is 14.5 Å². The van der Waals surface area contributed by atoms with Gasteiger partial charge in [-0.3, -0.25) is 9.89 Å². The van der Waals surface area contributed by atoms with Crippen molar-refractivity contribution < 1.29 is 31.1 Å². The summed E-state index contributed by atoms with van der Waals surface area (Å²) in [5.41, 5.74) is 7.77. The third kappa shape index (κ3) is 6.78. The van der Waals surface area contributed by atoms with Gasteiger partial charge in [0.1, 0.15) is 13.2 Å². The summed E-state index contributed by atoms with van der Waals surface area (Å²) in [5.74, 6) is -2.91. The van der Waals surface area contributed by atoms with E-state index >= 15 is 0 Å². The first kappa shape index (κ1) is 28.6. The second kappa shape index (κ2) is 11.8.